The van der Waals surface area contributed by atoms with Gasteiger partial charge in [0.05, 0.1) is 0 Å². The molecule has 146 valence electrons. The second-order valence-corrected chi connectivity index (χ2v) is 21.1. The first-order valence-electron chi connectivity index (χ1n) is 11.1. The van der Waals surface area contributed by atoms with Crippen LogP contribution in [-0.4, -0.2) is 18.4 Å². The van der Waals surface area contributed by atoms with Gasteiger partial charge in [-0.05, 0) is 0 Å². The monoisotopic (exact) mass is 470 g/mol. The molecule has 2 rings (SSSR count). The molecular formula is C26H38Sn. The molecule has 0 heterocycles. The van der Waals surface area contributed by atoms with Crippen LogP contribution in [0.15, 0.2) is 60.7 Å². The van der Waals surface area contributed by atoms with Crippen molar-refractivity contribution >= 4 is 28.0 Å². The third-order valence-corrected chi connectivity index (χ3v) is 21.5. The summed E-state index contributed by atoms with van der Waals surface area (Å²) in [7, 11) is 0. The van der Waals surface area contributed by atoms with Gasteiger partial charge < -0.3 is 0 Å². The van der Waals surface area contributed by atoms with Crippen molar-refractivity contribution in [3.8, 4) is 0 Å². The average molecular weight is 469 g/mol. The second-order valence-electron chi connectivity index (χ2n) is 7.93. The molecule has 0 radical (unpaired) electrons. The number of benzene rings is 2. The van der Waals surface area contributed by atoms with Crippen molar-refractivity contribution in [3.63, 3.8) is 0 Å². The zero-order valence-corrected chi connectivity index (χ0v) is 20.6. The Hall–Kier alpha value is -1.02. The molecule has 0 spiro atoms. The first-order valence-corrected chi connectivity index (χ1v) is 18.6. The van der Waals surface area contributed by atoms with Crippen LogP contribution >= 0.6 is 0 Å². The Balaban J connectivity index is 2.57. The van der Waals surface area contributed by atoms with Crippen LogP contribution in [-0.2, 0) is 0 Å². The normalized spacial score (nSPS) is 12.3. The van der Waals surface area contributed by atoms with Crippen molar-refractivity contribution in [1.82, 2.24) is 0 Å². The van der Waals surface area contributed by atoms with Gasteiger partial charge in [0.15, 0.2) is 0 Å². The molecule has 0 aliphatic heterocycles. The summed E-state index contributed by atoms with van der Waals surface area (Å²) >= 11 is -2.49. The van der Waals surface area contributed by atoms with Gasteiger partial charge in [-0.1, -0.05) is 0 Å². The van der Waals surface area contributed by atoms with Crippen molar-refractivity contribution in [1.29, 1.82) is 0 Å². The SMILES string of the molecule is CCC[CH2][Sn]([CH2]CCC)([CH2]CCC)/[C](=C\c1ccccc1)c1ccccc1. The fraction of sp³-hybridized carbons (Fsp3) is 0.462. The zero-order chi connectivity index (χ0) is 19.4. The molecule has 0 bridgehead atoms. The number of rotatable bonds is 12. The molecule has 0 aromatic heterocycles. The topological polar surface area (TPSA) is 0 Å². The number of unbranched alkanes of at least 4 members (excludes halogenated alkanes) is 3. The minimum absolute atomic E-state index is 1.32. The molecule has 0 aliphatic carbocycles. The Morgan fingerprint density at radius 2 is 1.11 bits per heavy atom. The van der Waals surface area contributed by atoms with Gasteiger partial charge in [-0.3, -0.25) is 0 Å². The van der Waals surface area contributed by atoms with Crippen LogP contribution < -0.4 is 0 Å². The van der Waals surface area contributed by atoms with Gasteiger partial charge in [-0.15, -0.1) is 0 Å². The molecule has 0 aliphatic rings. The van der Waals surface area contributed by atoms with Gasteiger partial charge in [-0.25, -0.2) is 0 Å². The number of hydrogen-bond acceptors (Lipinski definition) is 0. The predicted octanol–water partition coefficient (Wildman–Crippen LogP) is 8.62. The van der Waals surface area contributed by atoms with E-state index in [0.717, 1.165) is 0 Å². The second kappa shape index (κ2) is 12.4. The van der Waals surface area contributed by atoms with Gasteiger partial charge in [0.1, 0.15) is 0 Å². The third kappa shape index (κ3) is 6.82. The molecule has 27 heavy (non-hydrogen) atoms. The van der Waals surface area contributed by atoms with Crippen LogP contribution in [0, 0.1) is 0 Å². The molecule has 0 saturated heterocycles. The van der Waals surface area contributed by atoms with Gasteiger partial charge in [0, 0.05) is 0 Å². The van der Waals surface area contributed by atoms with Crippen LogP contribution in [0.25, 0.3) is 9.67 Å². The van der Waals surface area contributed by atoms with E-state index in [-0.39, 0.29) is 0 Å². The molecule has 0 atom stereocenters. The summed E-state index contributed by atoms with van der Waals surface area (Å²) in [5.41, 5.74) is 2.88. The Kier molecular flexibility index (Phi) is 10.3. The molecule has 2 aromatic rings. The van der Waals surface area contributed by atoms with E-state index in [2.05, 4.69) is 87.5 Å². The fourth-order valence-corrected chi connectivity index (χ4v) is 21.0. The average Bonchev–Trinajstić information content (AvgIpc) is 2.73. The molecule has 0 unspecified atom stereocenters. The van der Waals surface area contributed by atoms with E-state index in [4.69, 9.17) is 0 Å². The summed E-state index contributed by atoms with van der Waals surface area (Å²) in [4.78, 5) is 0. The predicted molar refractivity (Wildman–Crippen MR) is 126 cm³/mol. The van der Waals surface area contributed by atoms with E-state index in [1.165, 1.54) is 63.0 Å². The Bertz CT molecular complexity index is 635. The summed E-state index contributed by atoms with van der Waals surface area (Å²) in [6.45, 7) is 7.08. The first kappa shape index (κ1) is 22.3. The van der Waals surface area contributed by atoms with Crippen LogP contribution in [0.5, 0.6) is 0 Å². The summed E-state index contributed by atoms with van der Waals surface area (Å²) < 4.78 is 6.31. The van der Waals surface area contributed by atoms with Crippen molar-refractivity contribution in [2.75, 3.05) is 0 Å². The maximum atomic E-state index is 2.58. The fourth-order valence-electron chi connectivity index (χ4n) is 4.20. The van der Waals surface area contributed by atoms with Gasteiger partial charge in [-0.2, -0.15) is 0 Å². The van der Waals surface area contributed by atoms with Crippen LogP contribution in [0.2, 0.25) is 13.3 Å². The molecule has 2 aromatic carbocycles. The van der Waals surface area contributed by atoms with Crippen LogP contribution in [0.3, 0.4) is 0 Å². The van der Waals surface area contributed by atoms with Crippen molar-refractivity contribution < 1.29 is 0 Å². The Morgan fingerprint density at radius 1 is 0.667 bits per heavy atom. The van der Waals surface area contributed by atoms with E-state index in [0.29, 0.717) is 0 Å². The summed E-state index contributed by atoms with van der Waals surface area (Å²) in [6.07, 6.45) is 10.8. The van der Waals surface area contributed by atoms with Gasteiger partial charge in [0.2, 0.25) is 0 Å². The van der Waals surface area contributed by atoms with Crippen molar-refractivity contribution in [2.24, 2.45) is 0 Å². The standard InChI is InChI=1S/C14H11.3C4H9.Sn/c1-3-7-13(8-4-1)11-12-14-9-5-2-6-10-14;3*1-3-4-2;/h1-11H;3*1,3-4H2,2H3;. The molecule has 1 heteroatoms. The molecule has 0 N–H and O–H groups in total. The summed E-state index contributed by atoms with van der Waals surface area (Å²) in [6, 6.07) is 22.4. The van der Waals surface area contributed by atoms with E-state index in [1.807, 2.05) is 0 Å². The van der Waals surface area contributed by atoms with Gasteiger partial charge in [0.25, 0.3) is 0 Å². The maximum absolute atomic E-state index is 2.58. The molecule has 0 nitrogen and oxygen atoms in total. The van der Waals surface area contributed by atoms with Crippen molar-refractivity contribution in [3.05, 3.63) is 71.8 Å². The Labute approximate surface area is 172 Å². The molecule has 0 saturated carbocycles. The van der Waals surface area contributed by atoms with Crippen LogP contribution in [0.4, 0.5) is 0 Å². The summed E-state index contributed by atoms with van der Waals surface area (Å²) in [5, 5.41) is 0. The Morgan fingerprint density at radius 3 is 1.56 bits per heavy atom. The first-order chi connectivity index (χ1) is 13.3. The molecule has 0 amide bonds. The van der Waals surface area contributed by atoms with Gasteiger partial charge >= 0.3 is 172 Å². The van der Waals surface area contributed by atoms with Crippen molar-refractivity contribution in [2.45, 2.75) is 72.6 Å². The third-order valence-electron chi connectivity index (χ3n) is 5.79. The van der Waals surface area contributed by atoms with Crippen LogP contribution in [0.1, 0.15) is 70.4 Å². The van der Waals surface area contributed by atoms with E-state index in [9.17, 15) is 0 Å². The summed E-state index contributed by atoms with van der Waals surface area (Å²) in [5.74, 6) is 0. The molecule has 0 fully saturated rings. The van der Waals surface area contributed by atoms with E-state index in [1.54, 1.807) is 3.59 Å². The zero-order valence-electron chi connectivity index (χ0n) is 17.7. The quantitative estimate of drug-likeness (QED) is 0.216. The van der Waals surface area contributed by atoms with E-state index >= 15 is 0 Å². The molecular weight excluding hydrogens is 431 g/mol. The number of hydrogen-bond donors (Lipinski definition) is 0. The van der Waals surface area contributed by atoms with E-state index < -0.39 is 18.4 Å². The minimum atomic E-state index is -2.49.